The Bertz CT molecular complexity index is 263. The summed E-state index contributed by atoms with van der Waals surface area (Å²) in [6.45, 7) is 7.25. The molecule has 98 valence electrons. The van der Waals surface area contributed by atoms with E-state index >= 15 is 0 Å². The van der Waals surface area contributed by atoms with E-state index in [1.807, 2.05) is 0 Å². The van der Waals surface area contributed by atoms with E-state index in [2.05, 4.69) is 29.1 Å². The van der Waals surface area contributed by atoms with Gasteiger partial charge in [0.25, 0.3) is 0 Å². The van der Waals surface area contributed by atoms with Crippen molar-refractivity contribution in [3.8, 4) is 0 Å². The van der Waals surface area contributed by atoms with Gasteiger partial charge in [0.15, 0.2) is 0 Å². The van der Waals surface area contributed by atoms with Gasteiger partial charge in [0.1, 0.15) is 0 Å². The van der Waals surface area contributed by atoms with Gasteiger partial charge in [-0.3, -0.25) is 4.79 Å². The smallest absolute Gasteiger partial charge is 0.223 e. The van der Waals surface area contributed by atoms with Crippen molar-refractivity contribution >= 4 is 5.91 Å². The number of nitrogens with one attached hydrogen (secondary N) is 1. The normalized spacial score (nSPS) is 28.4. The Morgan fingerprint density at radius 3 is 2.65 bits per heavy atom. The van der Waals surface area contributed by atoms with Crippen molar-refractivity contribution in [1.82, 2.24) is 15.1 Å². The zero-order valence-electron chi connectivity index (χ0n) is 11.1. The average Bonchev–Trinajstić information content (AvgIpc) is 2.30. The molecule has 2 fully saturated rings. The van der Waals surface area contributed by atoms with E-state index in [1.165, 1.54) is 0 Å². The highest BCUT2D eigenvalue weighted by Crippen LogP contribution is 2.19. The van der Waals surface area contributed by atoms with E-state index < -0.39 is 0 Å². The van der Waals surface area contributed by atoms with Gasteiger partial charge < -0.3 is 15.1 Å². The first-order chi connectivity index (χ1) is 8.16. The highest BCUT2D eigenvalue weighted by atomic mass is 16.2. The number of likely N-dealkylation sites (N-methyl/N-ethyl adjacent to an activating group) is 1. The molecule has 2 saturated heterocycles. The van der Waals surface area contributed by atoms with Gasteiger partial charge in [-0.25, -0.2) is 0 Å². The number of hydrogen-bond donors (Lipinski definition) is 1. The first-order valence-corrected chi connectivity index (χ1v) is 6.85. The first kappa shape index (κ1) is 12.8. The van der Waals surface area contributed by atoms with Crippen molar-refractivity contribution in [2.45, 2.75) is 32.2 Å². The Hall–Kier alpha value is -0.610. The van der Waals surface area contributed by atoms with E-state index in [0.29, 0.717) is 17.9 Å². The highest BCUT2D eigenvalue weighted by molar-refractivity contribution is 5.77. The maximum atomic E-state index is 12.3. The summed E-state index contributed by atoms with van der Waals surface area (Å²) in [5.74, 6) is 0.980. The Morgan fingerprint density at radius 2 is 2.00 bits per heavy atom. The number of piperazine rings is 1. The van der Waals surface area contributed by atoms with Gasteiger partial charge in [0.05, 0.1) is 0 Å². The average molecular weight is 239 g/mol. The Labute approximate surface area is 104 Å². The third-order valence-corrected chi connectivity index (χ3v) is 4.07. The predicted molar refractivity (Wildman–Crippen MR) is 68.9 cm³/mol. The molecule has 2 aliphatic rings. The lowest BCUT2D eigenvalue weighted by atomic mass is 9.93. The van der Waals surface area contributed by atoms with Gasteiger partial charge >= 0.3 is 0 Å². The van der Waals surface area contributed by atoms with Crippen LogP contribution >= 0.6 is 0 Å². The van der Waals surface area contributed by atoms with Crippen LogP contribution in [0.3, 0.4) is 0 Å². The fourth-order valence-electron chi connectivity index (χ4n) is 2.96. The molecule has 0 aromatic heterocycles. The molecule has 2 rings (SSSR count). The van der Waals surface area contributed by atoms with Crippen LogP contribution in [-0.2, 0) is 4.79 Å². The van der Waals surface area contributed by atoms with Crippen LogP contribution in [0, 0.1) is 5.92 Å². The molecule has 2 aliphatic heterocycles. The number of amides is 1. The summed E-state index contributed by atoms with van der Waals surface area (Å²) in [6.07, 6.45) is 3.08. The lowest BCUT2D eigenvalue weighted by Gasteiger charge is -2.39. The Morgan fingerprint density at radius 1 is 1.29 bits per heavy atom. The van der Waals surface area contributed by atoms with Crippen molar-refractivity contribution in [2.24, 2.45) is 5.92 Å². The van der Waals surface area contributed by atoms with Crippen LogP contribution in [0.15, 0.2) is 0 Å². The molecule has 1 unspecified atom stereocenters. The van der Waals surface area contributed by atoms with E-state index in [4.69, 9.17) is 0 Å². The van der Waals surface area contributed by atoms with Gasteiger partial charge in [-0.2, -0.15) is 0 Å². The van der Waals surface area contributed by atoms with Crippen LogP contribution in [0.2, 0.25) is 0 Å². The Kier molecular flexibility index (Phi) is 4.40. The molecule has 4 heteroatoms. The SMILES string of the molecule is CC1CN(C)CCN1C(=O)CC1CCNCC1. The topological polar surface area (TPSA) is 35.6 Å². The van der Waals surface area contributed by atoms with Gasteiger partial charge in [0.2, 0.25) is 5.91 Å². The van der Waals surface area contributed by atoms with Crippen molar-refractivity contribution < 1.29 is 4.79 Å². The van der Waals surface area contributed by atoms with Crippen LogP contribution in [0.4, 0.5) is 0 Å². The second-order valence-electron chi connectivity index (χ2n) is 5.60. The summed E-state index contributed by atoms with van der Waals surface area (Å²) in [5.41, 5.74) is 0. The van der Waals surface area contributed by atoms with E-state index in [1.54, 1.807) is 0 Å². The molecule has 0 bridgehead atoms. The van der Waals surface area contributed by atoms with Crippen molar-refractivity contribution in [1.29, 1.82) is 0 Å². The molecule has 0 saturated carbocycles. The van der Waals surface area contributed by atoms with Crippen molar-refractivity contribution in [3.63, 3.8) is 0 Å². The van der Waals surface area contributed by atoms with Crippen LogP contribution in [0.25, 0.3) is 0 Å². The molecule has 0 aliphatic carbocycles. The lowest BCUT2D eigenvalue weighted by molar-refractivity contribution is -0.136. The van der Waals surface area contributed by atoms with Gasteiger partial charge in [-0.05, 0) is 45.8 Å². The van der Waals surface area contributed by atoms with E-state index in [9.17, 15) is 4.79 Å². The van der Waals surface area contributed by atoms with Crippen LogP contribution in [0.1, 0.15) is 26.2 Å². The van der Waals surface area contributed by atoms with E-state index in [-0.39, 0.29) is 0 Å². The van der Waals surface area contributed by atoms with Gasteiger partial charge in [-0.15, -0.1) is 0 Å². The predicted octanol–water partition coefficient (Wildman–Crippen LogP) is 0.539. The summed E-state index contributed by atoms with van der Waals surface area (Å²) >= 11 is 0. The number of carbonyl (C=O) groups excluding carboxylic acids is 1. The van der Waals surface area contributed by atoms with Crippen molar-refractivity contribution in [2.75, 3.05) is 39.8 Å². The minimum Gasteiger partial charge on any atom is -0.337 e. The first-order valence-electron chi connectivity index (χ1n) is 6.85. The van der Waals surface area contributed by atoms with Gasteiger partial charge in [0, 0.05) is 32.1 Å². The molecule has 0 aromatic carbocycles. The molecular weight excluding hydrogens is 214 g/mol. The fourth-order valence-corrected chi connectivity index (χ4v) is 2.96. The molecule has 4 nitrogen and oxygen atoms in total. The molecule has 0 radical (unpaired) electrons. The fraction of sp³-hybridized carbons (Fsp3) is 0.923. The second-order valence-corrected chi connectivity index (χ2v) is 5.60. The molecule has 17 heavy (non-hydrogen) atoms. The summed E-state index contributed by atoms with van der Waals surface area (Å²) in [4.78, 5) is 16.7. The number of hydrogen-bond acceptors (Lipinski definition) is 3. The lowest BCUT2D eigenvalue weighted by Crippen LogP contribution is -2.53. The summed E-state index contributed by atoms with van der Waals surface area (Å²) in [5, 5.41) is 3.35. The zero-order chi connectivity index (χ0) is 12.3. The van der Waals surface area contributed by atoms with E-state index in [0.717, 1.165) is 52.0 Å². The number of nitrogens with zero attached hydrogens (tertiary/aromatic N) is 2. The molecule has 0 aromatic rings. The second kappa shape index (κ2) is 5.83. The quantitative estimate of drug-likeness (QED) is 0.764. The minimum absolute atomic E-state index is 0.373. The zero-order valence-corrected chi connectivity index (χ0v) is 11.1. The van der Waals surface area contributed by atoms with Crippen molar-refractivity contribution in [3.05, 3.63) is 0 Å². The molecular formula is C13H25N3O. The highest BCUT2D eigenvalue weighted by Gasteiger charge is 2.27. The molecule has 1 amide bonds. The largest absolute Gasteiger partial charge is 0.337 e. The molecule has 0 spiro atoms. The van der Waals surface area contributed by atoms with Crippen LogP contribution in [-0.4, -0.2) is 61.5 Å². The Balaban J connectivity index is 1.82. The van der Waals surface area contributed by atoms with Crippen LogP contribution in [0.5, 0.6) is 0 Å². The number of carbonyl (C=O) groups is 1. The third kappa shape index (κ3) is 3.42. The van der Waals surface area contributed by atoms with Crippen LogP contribution < -0.4 is 5.32 Å². The standard InChI is InChI=1S/C13H25N3O/c1-11-10-15(2)7-8-16(11)13(17)9-12-3-5-14-6-4-12/h11-12,14H,3-10H2,1-2H3. The summed E-state index contributed by atoms with van der Waals surface area (Å²) < 4.78 is 0. The molecule has 1 atom stereocenters. The summed E-state index contributed by atoms with van der Waals surface area (Å²) in [7, 11) is 2.13. The third-order valence-electron chi connectivity index (χ3n) is 4.07. The number of rotatable bonds is 2. The monoisotopic (exact) mass is 239 g/mol. The van der Waals surface area contributed by atoms with Gasteiger partial charge in [-0.1, -0.05) is 0 Å². The maximum absolute atomic E-state index is 12.3. The maximum Gasteiger partial charge on any atom is 0.223 e. The molecule has 1 N–H and O–H groups in total. The summed E-state index contributed by atoms with van der Waals surface area (Å²) in [6, 6.07) is 0.378. The molecule has 2 heterocycles. The number of piperidine rings is 1. The minimum atomic E-state index is 0.373.